The number of nitrogens with zero attached hydrogens (tertiary/aromatic N) is 3. The number of amides is 1. The fourth-order valence-corrected chi connectivity index (χ4v) is 3.64. The zero-order valence-electron chi connectivity index (χ0n) is 16.8. The molecule has 31 heavy (non-hydrogen) atoms. The topological polar surface area (TPSA) is 67.4 Å². The van der Waals surface area contributed by atoms with Gasteiger partial charge in [-0.2, -0.15) is 10.2 Å². The zero-order valence-corrected chi connectivity index (χ0v) is 16.8. The number of hydrogen-bond acceptors (Lipinski definition) is 5. The van der Waals surface area contributed by atoms with Crippen LogP contribution in [0.2, 0.25) is 0 Å². The van der Waals surface area contributed by atoms with Crippen molar-refractivity contribution in [2.75, 3.05) is 31.6 Å². The van der Waals surface area contributed by atoms with E-state index in [1.807, 2.05) is 0 Å². The Labute approximate surface area is 177 Å². The van der Waals surface area contributed by atoms with Crippen molar-refractivity contribution in [2.45, 2.75) is 19.4 Å². The molecule has 0 saturated carbocycles. The highest BCUT2D eigenvalue weighted by molar-refractivity contribution is 6.00. The molecule has 3 aromatic rings. The highest BCUT2D eigenvalue weighted by atomic mass is 19.3. The highest BCUT2D eigenvalue weighted by Crippen LogP contribution is 2.31. The molecule has 0 bridgehead atoms. The SMILES string of the molecule is C[C@@H](Nc1cnnc2ccc(C(=O)N3CCOCC3)cc12)c1cccc(C(F)F)c1F. The van der Waals surface area contributed by atoms with Gasteiger partial charge in [0.25, 0.3) is 12.3 Å². The van der Waals surface area contributed by atoms with Crippen molar-refractivity contribution in [3.63, 3.8) is 0 Å². The summed E-state index contributed by atoms with van der Waals surface area (Å²) in [6.07, 6.45) is -1.43. The number of carbonyl (C=O) groups excluding carboxylic acids is 1. The fraction of sp³-hybridized carbons (Fsp3) is 0.318. The molecular weight excluding hydrogens is 409 g/mol. The van der Waals surface area contributed by atoms with Gasteiger partial charge >= 0.3 is 0 Å². The number of nitrogens with one attached hydrogen (secondary N) is 1. The molecule has 2 heterocycles. The van der Waals surface area contributed by atoms with Gasteiger partial charge in [0, 0.05) is 29.6 Å². The number of halogens is 3. The molecule has 0 unspecified atom stereocenters. The lowest BCUT2D eigenvalue weighted by Gasteiger charge is -2.27. The maximum atomic E-state index is 14.6. The lowest BCUT2D eigenvalue weighted by Crippen LogP contribution is -2.40. The van der Waals surface area contributed by atoms with Crippen molar-refractivity contribution >= 4 is 22.5 Å². The number of carbonyl (C=O) groups is 1. The summed E-state index contributed by atoms with van der Waals surface area (Å²) in [5.41, 5.74) is 1.04. The van der Waals surface area contributed by atoms with Gasteiger partial charge in [-0.05, 0) is 25.1 Å². The first kappa shape index (κ1) is 21.0. The van der Waals surface area contributed by atoms with Crippen molar-refractivity contribution in [1.82, 2.24) is 15.1 Å². The Morgan fingerprint density at radius 2 is 1.90 bits per heavy atom. The van der Waals surface area contributed by atoms with Crippen LogP contribution in [0.1, 0.15) is 40.9 Å². The van der Waals surface area contributed by atoms with E-state index in [-0.39, 0.29) is 11.5 Å². The summed E-state index contributed by atoms with van der Waals surface area (Å²) < 4.78 is 46.0. The first-order valence-electron chi connectivity index (χ1n) is 9.91. The van der Waals surface area contributed by atoms with Gasteiger partial charge in [0.1, 0.15) is 5.82 Å². The molecule has 1 saturated heterocycles. The van der Waals surface area contributed by atoms with Crippen LogP contribution < -0.4 is 5.32 Å². The molecule has 162 valence electrons. The number of aromatic nitrogens is 2. The van der Waals surface area contributed by atoms with Gasteiger partial charge in [-0.1, -0.05) is 18.2 Å². The predicted molar refractivity (Wildman–Crippen MR) is 110 cm³/mol. The summed E-state index contributed by atoms with van der Waals surface area (Å²) in [5.74, 6) is -1.05. The van der Waals surface area contributed by atoms with Crippen molar-refractivity contribution in [1.29, 1.82) is 0 Å². The first-order chi connectivity index (χ1) is 15.0. The van der Waals surface area contributed by atoms with E-state index >= 15 is 0 Å². The number of morpholine rings is 1. The normalized spacial score (nSPS) is 15.3. The lowest BCUT2D eigenvalue weighted by atomic mass is 10.0. The second-order valence-corrected chi connectivity index (χ2v) is 7.31. The van der Waals surface area contributed by atoms with Crippen LogP contribution in [0.3, 0.4) is 0 Å². The Morgan fingerprint density at radius 3 is 2.65 bits per heavy atom. The second-order valence-electron chi connectivity index (χ2n) is 7.31. The average Bonchev–Trinajstić information content (AvgIpc) is 2.79. The van der Waals surface area contributed by atoms with Crippen LogP contribution in [0.25, 0.3) is 10.9 Å². The highest BCUT2D eigenvalue weighted by Gasteiger charge is 2.21. The van der Waals surface area contributed by atoms with Gasteiger partial charge < -0.3 is 15.0 Å². The minimum absolute atomic E-state index is 0.114. The molecule has 1 amide bonds. The molecular formula is C22H21F3N4O2. The number of hydrogen-bond donors (Lipinski definition) is 1. The molecule has 1 fully saturated rings. The van der Waals surface area contributed by atoms with Crippen molar-refractivity contribution < 1.29 is 22.7 Å². The third-order valence-electron chi connectivity index (χ3n) is 5.32. The Bertz CT molecular complexity index is 1100. The Balaban J connectivity index is 1.65. The van der Waals surface area contributed by atoms with E-state index in [9.17, 15) is 18.0 Å². The fourth-order valence-electron chi connectivity index (χ4n) is 3.64. The van der Waals surface area contributed by atoms with Crippen LogP contribution in [0, 0.1) is 5.82 Å². The van der Waals surface area contributed by atoms with E-state index in [0.717, 1.165) is 6.07 Å². The molecule has 1 N–H and O–H groups in total. The van der Waals surface area contributed by atoms with Gasteiger partial charge in [-0.15, -0.1) is 0 Å². The standard InChI is InChI=1S/C22H21F3N4O2/c1-13(15-3-2-4-16(20(15)23)21(24)25)27-19-12-26-28-18-6-5-14(11-17(18)19)22(30)29-7-9-31-10-8-29/h2-6,11-13,21H,7-10H2,1H3,(H,27,28)/t13-/m1/s1. The average molecular weight is 430 g/mol. The molecule has 1 aromatic heterocycles. The van der Waals surface area contributed by atoms with Crippen LogP contribution in [-0.2, 0) is 4.74 Å². The summed E-state index contributed by atoms with van der Waals surface area (Å²) in [5, 5.41) is 11.8. The maximum absolute atomic E-state index is 14.6. The number of benzene rings is 2. The molecule has 1 atom stereocenters. The van der Waals surface area contributed by atoms with E-state index in [4.69, 9.17) is 4.74 Å². The Hall–Kier alpha value is -3.20. The third kappa shape index (κ3) is 4.32. The van der Waals surface area contributed by atoms with Crippen LogP contribution in [0.15, 0.2) is 42.6 Å². The van der Waals surface area contributed by atoms with Crippen LogP contribution in [0.4, 0.5) is 18.9 Å². The van der Waals surface area contributed by atoms with Gasteiger partial charge in [0.05, 0.1) is 42.2 Å². The van der Waals surface area contributed by atoms with E-state index in [1.165, 1.54) is 18.3 Å². The van der Waals surface area contributed by atoms with E-state index in [1.54, 1.807) is 30.0 Å². The Kier molecular flexibility index (Phi) is 6.03. The summed E-state index contributed by atoms with van der Waals surface area (Å²) in [7, 11) is 0. The minimum Gasteiger partial charge on any atom is -0.378 e. The molecule has 0 radical (unpaired) electrons. The second kappa shape index (κ2) is 8.89. The largest absolute Gasteiger partial charge is 0.378 e. The van der Waals surface area contributed by atoms with Gasteiger partial charge in [-0.25, -0.2) is 13.2 Å². The molecule has 9 heteroatoms. The van der Waals surface area contributed by atoms with Crippen molar-refractivity contribution in [2.24, 2.45) is 0 Å². The molecule has 1 aliphatic rings. The van der Waals surface area contributed by atoms with E-state index in [2.05, 4.69) is 15.5 Å². The number of alkyl halides is 2. The smallest absolute Gasteiger partial charge is 0.266 e. The van der Waals surface area contributed by atoms with E-state index < -0.39 is 23.8 Å². The summed E-state index contributed by atoms with van der Waals surface area (Å²) in [4.78, 5) is 14.6. The Morgan fingerprint density at radius 1 is 1.16 bits per heavy atom. The van der Waals surface area contributed by atoms with Crippen LogP contribution >= 0.6 is 0 Å². The van der Waals surface area contributed by atoms with Gasteiger partial charge in [0.2, 0.25) is 0 Å². The van der Waals surface area contributed by atoms with Gasteiger partial charge in [0.15, 0.2) is 0 Å². The van der Waals surface area contributed by atoms with Gasteiger partial charge in [-0.3, -0.25) is 4.79 Å². The zero-order chi connectivity index (χ0) is 22.0. The summed E-state index contributed by atoms with van der Waals surface area (Å²) >= 11 is 0. The molecule has 0 spiro atoms. The summed E-state index contributed by atoms with van der Waals surface area (Å²) in [6.45, 7) is 3.71. The number of rotatable bonds is 5. The van der Waals surface area contributed by atoms with Crippen molar-refractivity contribution in [3.05, 3.63) is 65.1 Å². The monoisotopic (exact) mass is 430 g/mol. The number of ether oxygens (including phenoxy) is 1. The number of anilines is 1. The predicted octanol–water partition coefficient (Wildman–Crippen LogP) is 4.35. The molecule has 2 aromatic carbocycles. The van der Waals surface area contributed by atoms with Crippen LogP contribution in [-0.4, -0.2) is 47.3 Å². The van der Waals surface area contributed by atoms with E-state index in [0.29, 0.717) is 48.5 Å². The van der Waals surface area contributed by atoms with Crippen LogP contribution in [0.5, 0.6) is 0 Å². The minimum atomic E-state index is -2.90. The quantitative estimate of drug-likeness (QED) is 0.652. The summed E-state index contributed by atoms with van der Waals surface area (Å²) in [6, 6.07) is 8.41. The molecule has 0 aliphatic carbocycles. The molecule has 1 aliphatic heterocycles. The molecule has 4 rings (SSSR count). The maximum Gasteiger partial charge on any atom is 0.266 e. The third-order valence-corrected chi connectivity index (χ3v) is 5.32. The van der Waals surface area contributed by atoms with Crippen molar-refractivity contribution in [3.8, 4) is 0 Å². The first-order valence-corrected chi connectivity index (χ1v) is 9.91. The number of fused-ring (bicyclic) bond motifs is 1. The lowest BCUT2D eigenvalue weighted by molar-refractivity contribution is 0.0303. The molecule has 6 nitrogen and oxygen atoms in total.